The second-order valence-corrected chi connectivity index (χ2v) is 6.21. The van der Waals surface area contributed by atoms with Crippen LogP contribution >= 0.6 is 24.0 Å². The molecule has 3 rings (SSSR count). The van der Waals surface area contributed by atoms with Crippen LogP contribution in [0, 0.1) is 6.92 Å². The first-order chi connectivity index (χ1) is 10.0. The fraction of sp³-hybridized carbons (Fsp3) is 0.278. The van der Waals surface area contributed by atoms with Crippen LogP contribution in [0.1, 0.15) is 28.3 Å². The summed E-state index contributed by atoms with van der Waals surface area (Å²) in [6, 6.07) is 14.7. The summed E-state index contributed by atoms with van der Waals surface area (Å²) in [5.41, 5.74) is 5.13. The van der Waals surface area contributed by atoms with E-state index in [1.807, 2.05) is 12.1 Å². The molecule has 0 N–H and O–H groups in total. The van der Waals surface area contributed by atoms with Gasteiger partial charge in [-0.2, -0.15) is 0 Å². The third-order valence-electron chi connectivity index (χ3n) is 3.92. The molecule has 0 saturated carbocycles. The molecule has 0 radical (unpaired) electrons. The van der Waals surface area contributed by atoms with Gasteiger partial charge >= 0.3 is 0 Å². The minimum absolute atomic E-state index is 0. The van der Waals surface area contributed by atoms with Gasteiger partial charge in [0, 0.05) is 25.5 Å². The van der Waals surface area contributed by atoms with E-state index in [0.29, 0.717) is 0 Å². The summed E-state index contributed by atoms with van der Waals surface area (Å²) in [5, 5.41) is 0.760. The third kappa shape index (κ3) is 3.29. The summed E-state index contributed by atoms with van der Waals surface area (Å²) >= 11 is 6.01. The molecule has 2 aromatic carbocycles. The molecule has 0 aromatic heterocycles. The van der Waals surface area contributed by atoms with Crippen molar-refractivity contribution in [3.8, 4) is 0 Å². The van der Waals surface area contributed by atoms with Gasteiger partial charge in [0.05, 0.1) is 0 Å². The minimum Gasteiger partial charge on any atom is -0.366 e. The Bertz CT molecular complexity index is 691. The first-order valence-electron chi connectivity index (χ1n) is 7.13. The highest BCUT2D eigenvalue weighted by Crippen LogP contribution is 2.34. The van der Waals surface area contributed by atoms with Crippen molar-refractivity contribution in [3.05, 3.63) is 69.7 Å². The standard InChI is InChI=1S/C18H19ClN2.ClH/c1-12-4-5-14-11-17(21(2)3)20-18(16(14)10-12)13-6-8-15(19)9-7-13;/h4-10,18H,11H2,1-3H3;1H. The molecule has 0 amide bonds. The first-order valence-corrected chi connectivity index (χ1v) is 7.51. The zero-order valence-electron chi connectivity index (χ0n) is 13.0. The predicted octanol–water partition coefficient (Wildman–Crippen LogP) is 4.68. The van der Waals surface area contributed by atoms with E-state index in [1.54, 1.807) is 0 Å². The number of hydrogen-bond donors (Lipinski definition) is 0. The molecule has 1 aliphatic heterocycles. The van der Waals surface area contributed by atoms with Crippen LogP contribution in [-0.4, -0.2) is 24.8 Å². The number of rotatable bonds is 1. The number of halogens is 2. The molecule has 4 heteroatoms. The number of hydrogen-bond acceptors (Lipinski definition) is 2. The Labute approximate surface area is 143 Å². The van der Waals surface area contributed by atoms with E-state index in [1.165, 1.54) is 22.3 Å². The van der Waals surface area contributed by atoms with Crippen molar-refractivity contribution in [3.63, 3.8) is 0 Å². The van der Waals surface area contributed by atoms with E-state index >= 15 is 0 Å². The summed E-state index contributed by atoms with van der Waals surface area (Å²) in [6.45, 7) is 2.13. The smallest absolute Gasteiger partial charge is 0.104 e. The minimum atomic E-state index is 0. The second-order valence-electron chi connectivity index (χ2n) is 5.77. The second kappa shape index (κ2) is 6.72. The number of aryl methyl sites for hydroxylation is 1. The van der Waals surface area contributed by atoms with Crippen LogP contribution < -0.4 is 0 Å². The van der Waals surface area contributed by atoms with E-state index < -0.39 is 0 Å². The molecule has 1 unspecified atom stereocenters. The highest BCUT2D eigenvalue weighted by atomic mass is 35.5. The van der Waals surface area contributed by atoms with Crippen molar-refractivity contribution in [1.82, 2.24) is 4.90 Å². The lowest BCUT2D eigenvalue weighted by Gasteiger charge is -2.28. The van der Waals surface area contributed by atoms with Crippen molar-refractivity contribution < 1.29 is 0 Å². The Morgan fingerprint density at radius 1 is 1.09 bits per heavy atom. The van der Waals surface area contributed by atoms with Crippen LogP contribution in [0.5, 0.6) is 0 Å². The molecular weight excluding hydrogens is 315 g/mol. The van der Waals surface area contributed by atoms with E-state index in [-0.39, 0.29) is 18.4 Å². The number of amidine groups is 1. The van der Waals surface area contributed by atoms with Gasteiger partial charge in [0.15, 0.2) is 0 Å². The monoisotopic (exact) mass is 334 g/mol. The van der Waals surface area contributed by atoms with E-state index in [0.717, 1.165) is 17.3 Å². The highest BCUT2D eigenvalue weighted by Gasteiger charge is 2.23. The molecule has 1 aliphatic rings. The van der Waals surface area contributed by atoms with Crippen molar-refractivity contribution in [2.45, 2.75) is 19.4 Å². The van der Waals surface area contributed by atoms with Crippen molar-refractivity contribution >= 4 is 29.8 Å². The van der Waals surface area contributed by atoms with Crippen molar-refractivity contribution in [2.75, 3.05) is 14.1 Å². The van der Waals surface area contributed by atoms with Gasteiger partial charge in [-0.15, -0.1) is 12.4 Å². The topological polar surface area (TPSA) is 15.6 Å². The Morgan fingerprint density at radius 3 is 2.41 bits per heavy atom. The van der Waals surface area contributed by atoms with Gasteiger partial charge in [-0.05, 0) is 35.7 Å². The normalized spacial score (nSPS) is 16.4. The number of likely N-dealkylation sites (N-methyl/N-ethyl adjacent to an activating group) is 1. The number of nitrogens with zero attached hydrogens (tertiary/aromatic N) is 2. The van der Waals surface area contributed by atoms with Crippen LogP contribution in [0.2, 0.25) is 5.02 Å². The molecule has 2 aromatic rings. The summed E-state index contributed by atoms with van der Waals surface area (Å²) in [7, 11) is 4.11. The first kappa shape index (κ1) is 16.9. The Hall–Kier alpha value is -1.51. The molecule has 0 saturated heterocycles. The van der Waals surface area contributed by atoms with E-state index in [4.69, 9.17) is 16.6 Å². The van der Waals surface area contributed by atoms with E-state index in [2.05, 4.69) is 56.3 Å². The molecular formula is C18H20Cl2N2. The molecule has 0 aliphatic carbocycles. The fourth-order valence-corrected chi connectivity index (χ4v) is 2.86. The van der Waals surface area contributed by atoms with Gasteiger partial charge in [-0.3, -0.25) is 4.99 Å². The van der Waals surface area contributed by atoms with Gasteiger partial charge in [0.25, 0.3) is 0 Å². The van der Waals surface area contributed by atoms with Crippen LogP contribution in [0.15, 0.2) is 47.5 Å². The lowest BCUT2D eigenvalue weighted by Crippen LogP contribution is -2.28. The predicted molar refractivity (Wildman–Crippen MR) is 96.5 cm³/mol. The maximum absolute atomic E-state index is 6.01. The molecule has 22 heavy (non-hydrogen) atoms. The van der Waals surface area contributed by atoms with Crippen LogP contribution in [0.4, 0.5) is 0 Å². The fourth-order valence-electron chi connectivity index (χ4n) is 2.74. The van der Waals surface area contributed by atoms with Crippen molar-refractivity contribution in [1.29, 1.82) is 0 Å². The molecule has 2 nitrogen and oxygen atoms in total. The number of fused-ring (bicyclic) bond motifs is 1. The zero-order chi connectivity index (χ0) is 15.0. The third-order valence-corrected chi connectivity index (χ3v) is 4.18. The average molecular weight is 335 g/mol. The average Bonchev–Trinajstić information content (AvgIpc) is 2.47. The summed E-state index contributed by atoms with van der Waals surface area (Å²) in [4.78, 5) is 7.07. The number of benzene rings is 2. The Morgan fingerprint density at radius 2 is 1.77 bits per heavy atom. The molecule has 0 bridgehead atoms. The summed E-state index contributed by atoms with van der Waals surface area (Å²) < 4.78 is 0. The van der Waals surface area contributed by atoms with Crippen molar-refractivity contribution in [2.24, 2.45) is 4.99 Å². The summed E-state index contributed by atoms with van der Waals surface area (Å²) in [5.74, 6) is 1.12. The van der Waals surface area contributed by atoms with Crippen LogP contribution in [0.25, 0.3) is 0 Å². The maximum atomic E-state index is 6.01. The number of aliphatic imine (C=N–C) groups is 1. The largest absolute Gasteiger partial charge is 0.366 e. The van der Waals surface area contributed by atoms with Gasteiger partial charge < -0.3 is 4.90 Å². The van der Waals surface area contributed by atoms with Crippen LogP contribution in [0.3, 0.4) is 0 Å². The Balaban J connectivity index is 0.00000176. The lowest BCUT2D eigenvalue weighted by molar-refractivity contribution is 0.592. The highest BCUT2D eigenvalue weighted by molar-refractivity contribution is 6.30. The van der Waals surface area contributed by atoms with Crippen LogP contribution in [-0.2, 0) is 6.42 Å². The maximum Gasteiger partial charge on any atom is 0.104 e. The van der Waals surface area contributed by atoms with E-state index in [9.17, 15) is 0 Å². The molecule has 0 fully saturated rings. The SMILES string of the molecule is Cc1ccc2c(c1)C(c1ccc(Cl)cc1)N=C(N(C)C)C2.Cl. The van der Waals surface area contributed by atoms with Gasteiger partial charge in [0.2, 0.25) is 0 Å². The van der Waals surface area contributed by atoms with Gasteiger partial charge in [-0.25, -0.2) is 0 Å². The molecule has 1 atom stereocenters. The molecule has 0 spiro atoms. The quantitative estimate of drug-likeness (QED) is 0.739. The molecule has 116 valence electrons. The van der Waals surface area contributed by atoms with Gasteiger partial charge in [-0.1, -0.05) is 47.5 Å². The molecule has 1 heterocycles. The summed E-state index contributed by atoms with van der Waals surface area (Å²) in [6.07, 6.45) is 0.896. The lowest BCUT2D eigenvalue weighted by atomic mass is 9.89. The Kier molecular flexibility index (Phi) is 5.15. The zero-order valence-corrected chi connectivity index (χ0v) is 14.6. The van der Waals surface area contributed by atoms with Gasteiger partial charge in [0.1, 0.15) is 11.9 Å².